The van der Waals surface area contributed by atoms with Crippen LogP contribution in [-0.2, 0) is 19.5 Å². The molecule has 7 nitrogen and oxygen atoms in total. The van der Waals surface area contributed by atoms with Crippen molar-refractivity contribution in [2.45, 2.75) is 26.4 Å². The molecule has 0 fully saturated rings. The van der Waals surface area contributed by atoms with Gasteiger partial charge in [0.1, 0.15) is 0 Å². The fraction of sp³-hybridized carbons (Fsp3) is 0.500. The summed E-state index contributed by atoms with van der Waals surface area (Å²) >= 11 is 0. The number of fused-ring (bicyclic) bond motifs is 1. The maximum Gasteiger partial charge on any atom is 0.272 e. The third kappa shape index (κ3) is 4.70. The molecule has 2 aromatic rings. The number of aromatic amines is 1. The van der Waals surface area contributed by atoms with Crippen LogP contribution >= 0.6 is 24.8 Å². The van der Waals surface area contributed by atoms with Crippen molar-refractivity contribution in [2.75, 3.05) is 13.1 Å². The number of imidazole rings is 1. The molecule has 0 radical (unpaired) electrons. The molecule has 23 heavy (non-hydrogen) atoms. The Morgan fingerprint density at radius 3 is 3.04 bits per heavy atom. The number of aromatic nitrogens is 4. The van der Waals surface area contributed by atoms with E-state index in [2.05, 4.69) is 32.7 Å². The molecule has 3 rings (SSSR count). The molecule has 9 heteroatoms. The third-order valence-electron chi connectivity index (χ3n) is 3.71. The predicted octanol–water partition coefficient (Wildman–Crippen LogP) is 1.16. The number of rotatable bonds is 5. The highest BCUT2D eigenvalue weighted by molar-refractivity contribution is 5.94. The van der Waals surface area contributed by atoms with Gasteiger partial charge in [-0.25, -0.2) is 4.98 Å². The molecule has 1 unspecified atom stereocenters. The van der Waals surface area contributed by atoms with Crippen LogP contribution in [0, 0.1) is 5.92 Å². The second kappa shape index (κ2) is 8.90. The fourth-order valence-corrected chi connectivity index (χ4v) is 2.58. The minimum Gasteiger partial charge on any atom is -0.350 e. The Hall–Kier alpha value is -1.57. The number of hydrogen-bond donors (Lipinski definition) is 3. The fourth-order valence-electron chi connectivity index (χ4n) is 2.58. The summed E-state index contributed by atoms with van der Waals surface area (Å²) in [5.41, 5.74) is 2.60. The van der Waals surface area contributed by atoms with Gasteiger partial charge >= 0.3 is 0 Å². The van der Waals surface area contributed by atoms with E-state index >= 15 is 0 Å². The molecule has 2 aromatic heterocycles. The highest BCUT2D eigenvalue weighted by Crippen LogP contribution is 2.15. The first kappa shape index (κ1) is 19.5. The van der Waals surface area contributed by atoms with Crippen molar-refractivity contribution in [3.63, 3.8) is 0 Å². The van der Waals surface area contributed by atoms with Crippen LogP contribution in [-0.4, -0.2) is 38.7 Å². The maximum absolute atomic E-state index is 12.2. The molecule has 0 saturated heterocycles. The largest absolute Gasteiger partial charge is 0.350 e. The van der Waals surface area contributed by atoms with Gasteiger partial charge in [-0.1, -0.05) is 6.92 Å². The molecule has 1 amide bonds. The summed E-state index contributed by atoms with van der Waals surface area (Å²) in [7, 11) is 0. The summed E-state index contributed by atoms with van der Waals surface area (Å²) in [4.78, 5) is 16.3. The molecule has 1 atom stereocenters. The zero-order valence-electron chi connectivity index (χ0n) is 12.9. The van der Waals surface area contributed by atoms with Gasteiger partial charge < -0.3 is 15.2 Å². The summed E-state index contributed by atoms with van der Waals surface area (Å²) < 4.78 is 2.01. The second-order valence-electron chi connectivity index (χ2n) is 5.53. The number of nitrogens with zero attached hydrogens (tertiary/aromatic N) is 3. The van der Waals surface area contributed by atoms with E-state index in [4.69, 9.17) is 0 Å². The van der Waals surface area contributed by atoms with E-state index in [1.807, 2.05) is 10.8 Å². The quantitative estimate of drug-likeness (QED) is 0.746. The summed E-state index contributed by atoms with van der Waals surface area (Å²) in [6.45, 7) is 5.19. The number of amides is 1. The lowest BCUT2D eigenvalue weighted by Gasteiger charge is -2.14. The average molecular weight is 361 g/mol. The topological polar surface area (TPSA) is 87.6 Å². The Morgan fingerprint density at radius 2 is 2.30 bits per heavy atom. The number of halogens is 2. The van der Waals surface area contributed by atoms with Crippen LogP contribution < -0.4 is 10.6 Å². The van der Waals surface area contributed by atoms with Crippen molar-refractivity contribution in [1.82, 2.24) is 30.4 Å². The second-order valence-corrected chi connectivity index (χ2v) is 5.53. The Balaban J connectivity index is 0.00000132. The summed E-state index contributed by atoms with van der Waals surface area (Å²) in [5, 5.41) is 13.4. The van der Waals surface area contributed by atoms with Crippen LogP contribution in [0.25, 0.3) is 0 Å². The number of carbonyl (C=O) groups excluding carboxylic acids is 1. The van der Waals surface area contributed by atoms with Crippen molar-refractivity contribution >= 4 is 30.7 Å². The lowest BCUT2D eigenvalue weighted by atomic mass is 10.1. The van der Waals surface area contributed by atoms with E-state index in [0.717, 1.165) is 30.8 Å². The highest BCUT2D eigenvalue weighted by Gasteiger charge is 2.21. The first-order valence-electron chi connectivity index (χ1n) is 7.25. The van der Waals surface area contributed by atoms with Crippen LogP contribution in [0.15, 0.2) is 18.7 Å². The molecule has 0 spiro atoms. The minimum atomic E-state index is -0.103. The first-order valence-corrected chi connectivity index (χ1v) is 7.25. The van der Waals surface area contributed by atoms with E-state index in [1.165, 1.54) is 0 Å². The normalized spacial score (nSPS) is 14.1. The van der Waals surface area contributed by atoms with Gasteiger partial charge in [-0.05, 0) is 5.92 Å². The third-order valence-corrected chi connectivity index (χ3v) is 3.71. The van der Waals surface area contributed by atoms with E-state index in [9.17, 15) is 4.79 Å². The molecular formula is C14H22Cl2N6O. The van der Waals surface area contributed by atoms with Gasteiger partial charge in [0.15, 0.2) is 5.69 Å². The summed E-state index contributed by atoms with van der Waals surface area (Å²) in [5.74, 6) is 0.227. The number of nitrogens with one attached hydrogen (secondary N) is 3. The molecule has 3 heterocycles. The molecule has 0 saturated carbocycles. The Kier molecular flexibility index (Phi) is 7.54. The van der Waals surface area contributed by atoms with Gasteiger partial charge in [0, 0.05) is 56.3 Å². The molecule has 1 aliphatic rings. The van der Waals surface area contributed by atoms with Crippen LogP contribution in [0.1, 0.15) is 28.7 Å². The smallest absolute Gasteiger partial charge is 0.272 e. The standard InChI is InChI=1S/C14H20N6O.2ClH/c1-10(8-20-5-4-16-9-20)6-17-14(21)13-11-7-15-3-2-12(11)18-19-13;;/h4-5,9-10,15H,2-3,6-8H2,1H3,(H,17,21)(H,18,19);2*1H. The molecule has 0 aliphatic carbocycles. The van der Waals surface area contributed by atoms with Crippen LogP contribution in [0.3, 0.4) is 0 Å². The monoisotopic (exact) mass is 360 g/mol. The lowest BCUT2D eigenvalue weighted by Crippen LogP contribution is -2.32. The van der Waals surface area contributed by atoms with Gasteiger partial charge in [0.05, 0.1) is 6.33 Å². The minimum absolute atomic E-state index is 0. The summed E-state index contributed by atoms with van der Waals surface area (Å²) in [6.07, 6.45) is 6.36. The number of H-pyrrole nitrogens is 1. The van der Waals surface area contributed by atoms with E-state index in [1.54, 1.807) is 12.5 Å². The molecule has 3 N–H and O–H groups in total. The van der Waals surface area contributed by atoms with Crippen molar-refractivity contribution in [3.05, 3.63) is 35.7 Å². The SMILES string of the molecule is CC(CNC(=O)c1n[nH]c2c1CNCC2)Cn1ccnc1.Cl.Cl. The van der Waals surface area contributed by atoms with Crippen molar-refractivity contribution in [3.8, 4) is 0 Å². The summed E-state index contributed by atoms with van der Waals surface area (Å²) in [6, 6.07) is 0. The van der Waals surface area contributed by atoms with Gasteiger partial charge in [-0.3, -0.25) is 9.89 Å². The zero-order chi connectivity index (χ0) is 14.7. The molecular weight excluding hydrogens is 339 g/mol. The van der Waals surface area contributed by atoms with Crippen molar-refractivity contribution < 1.29 is 4.79 Å². The maximum atomic E-state index is 12.2. The number of hydrogen-bond acceptors (Lipinski definition) is 4. The molecule has 0 aromatic carbocycles. The van der Waals surface area contributed by atoms with Crippen LogP contribution in [0.5, 0.6) is 0 Å². The first-order chi connectivity index (χ1) is 10.2. The van der Waals surface area contributed by atoms with E-state index < -0.39 is 0 Å². The van der Waals surface area contributed by atoms with Crippen molar-refractivity contribution in [1.29, 1.82) is 0 Å². The number of carbonyl (C=O) groups is 1. The Bertz CT molecular complexity index is 613. The van der Waals surface area contributed by atoms with E-state index in [-0.39, 0.29) is 30.7 Å². The van der Waals surface area contributed by atoms with Crippen molar-refractivity contribution in [2.24, 2.45) is 5.92 Å². The van der Waals surface area contributed by atoms with Crippen LogP contribution in [0.2, 0.25) is 0 Å². The molecule has 0 bridgehead atoms. The molecule has 128 valence electrons. The average Bonchev–Trinajstić information content (AvgIpc) is 3.13. The Morgan fingerprint density at radius 1 is 1.48 bits per heavy atom. The Labute approximate surface area is 147 Å². The van der Waals surface area contributed by atoms with Gasteiger partial charge in [0.25, 0.3) is 5.91 Å². The lowest BCUT2D eigenvalue weighted by molar-refractivity contribution is 0.0940. The van der Waals surface area contributed by atoms with E-state index in [0.29, 0.717) is 24.7 Å². The molecule has 1 aliphatic heterocycles. The highest BCUT2D eigenvalue weighted by atomic mass is 35.5. The van der Waals surface area contributed by atoms with Gasteiger partial charge in [-0.15, -0.1) is 24.8 Å². The predicted molar refractivity (Wildman–Crippen MR) is 92.2 cm³/mol. The van der Waals surface area contributed by atoms with Gasteiger partial charge in [-0.2, -0.15) is 5.10 Å². The van der Waals surface area contributed by atoms with Gasteiger partial charge in [0.2, 0.25) is 0 Å². The van der Waals surface area contributed by atoms with Crippen LogP contribution in [0.4, 0.5) is 0 Å². The zero-order valence-corrected chi connectivity index (χ0v) is 14.5.